The van der Waals surface area contributed by atoms with Gasteiger partial charge in [-0.05, 0) is 48.9 Å². The largest absolute Gasteiger partial charge is 0.332 e. The third-order valence-electron chi connectivity index (χ3n) is 6.89. The van der Waals surface area contributed by atoms with Crippen LogP contribution in [-0.4, -0.2) is 46.3 Å². The molecule has 0 bridgehead atoms. The minimum atomic E-state index is -0.731. The number of thiophene rings is 1. The van der Waals surface area contributed by atoms with Gasteiger partial charge in [0.05, 0.1) is 18.3 Å². The molecule has 4 amide bonds. The fraction of sp³-hybridized carbons (Fsp3) is 0.458. The van der Waals surface area contributed by atoms with Gasteiger partial charge < -0.3 is 9.80 Å². The van der Waals surface area contributed by atoms with Crippen LogP contribution >= 0.6 is 11.3 Å². The number of likely N-dealkylation sites (tertiary alicyclic amines) is 1. The first-order valence-corrected chi connectivity index (χ1v) is 12.2. The number of nitrogens with zero attached hydrogens (tertiary/aromatic N) is 3. The van der Waals surface area contributed by atoms with Crippen LogP contribution in [0.4, 0.5) is 14.9 Å². The number of imide groups is 1. The molecule has 3 heterocycles. The second-order valence-electron chi connectivity index (χ2n) is 8.81. The Morgan fingerprint density at radius 2 is 1.88 bits per heavy atom. The molecular formula is C24H26FN3O3S. The fourth-order valence-corrected chi connectivity index (χ4v) is 6.04. The number of hydrogen-bond donors (Lipinski definition) is 0. The van der Waals surface area contributed by atoms with Gasteiger partial charge in [0.1, 0.15) is 11.9 Å². The lowest BCUT2D eigenvalue weighted by Gasteiger charge is -2.44. The van der Waals surface area contributed by atoms with E-state index >= 15 is 0 Å². The van der Waals surface area contributed by atoms with Gasteiger partial charge in [-0.1, -0.05) is 31.4 Å². The molecule has 0 N–H and O–H groups in total. The van der Waals surface area contributed by atoms with Gasteiger partial charge >= 0.3 is 6.03 Å². The van der Waals surface area contributed by atoms with Gasteiger partial charge in [-0.15, -0.1) is 11.3 Å². The highest BCUT2D eigenvalue weighted by Gasteiger charge is 2.54. The molecule has 3 fully saturated rings. The molecule has 1 aromatic carbocycles. The molecule has 0 radical (unpaired) electrons. The minimum Gasteiger partial charge on any atom is -0.328 e. The highest BCUT2D eigenvalue weighted by Crippen LogP contribution is 2.36. The van der Waals surface area contributed by atoms with Crippen LogP contribution in [0.2, 0.25) is 0 Å². The molecular weight excluding hydrogens is 429 g/mol. The number of carbonyl (C=O) groups excluding carboxylic acids is 3. The van der Waals surface area contributed by atoms with E-state index in [-0.39, 0.29) is 23.6 Å². The summed E-state index contributed by atoms with van der Waals surface area (Å²) in [5, 5.41) is 1.95. The molecule has 32 heavy (non-hydrogen) atoms. The van der Waals surface area contributed by atoms with Gasteiger partial charge in [-0.3, -0.25) is 9.59 Å². The van der Waals surface area contributed by atoms with Gasteiger partial charge in [0, 0.05) is 17.3 Å². The molecule has 2 aromatic rings. The molecule has 2 unspecified atom stereocenters. The number of halogens is 1. The molecule has 2 atom stereocenters. The number of hydrogen-bond acceptors (Lipinski definition) is 4. The number of carbonyl (C=O) groups is 3. The lowest BCUT2D eigenvalue weighted by Crippen LogP contribution is -2.66. The predicted molar refractivity (Wildman–Crippen MR) is 120 cm³/mol. The van der Waals surface area contributed by atoms with E-state index in [9.17, 15) is 18.8 Å². The van der Waals surface area contributed by atoms with E-state index in [2.05, 4.69) is 0 Å². The summed E-state index contributed by atoms with van der Waals surface area (Å²) in [6, 6.07) is 7.85. The fourth-order valence-electron chi connectivity index (χ4n) is 5.34. The van der Waals surface area contributed by atoms with Crippen molar-refractivity contribution in [2.24, 2.45) is 5.92 Å². The molecule has 3 aliphatic rings. The summed E-state index contributed by atoms with van der Waals surface area (Å²) in [4.78, 5) is 46.0. The van der Waals surface area contributed by atoms with Crippen molar-refractivity contribution in [3.05, 3.63) is 52.5 Å². The Balaban J connectivity index is 1.50. The Morgan fingerprint density at radius 1 is 1.06 bits per heavy atom. The first-order chi connectivity index (χ1) is 15.5. The maximum absolute atomic E-state index is 14.0. The summed E-state index contributed by atoms with van der Waals surface area (Å²) < 4.78 is 14.0. The summed E-state index contributed by atoms with van der Waals surface area (Å²) in [5.74, 6) is -0.984. The second kappa shape index (κ2) is 8.65. The SMILES string of the molecule is O=C1C2C(CCN2C(=O)C2CCCCC2)N(Cc2cccs2)C(=O)N1c1cccc(F)c1. The van der Waals surface area contributed by atoms with Crippen LogP contribution in [0.15, 0.2) is 41.8 Å². The van der Waals surface area contributed by atoms with Crippen molar-refractivity contribution in [1.82, 2.24) is 9.80 Å². The topological polar surface area (TPSA) is 60.9 Å². The third kappa shape index (κ3) is 3.70. The van der Waals surface area contributed by atoms with Crippen LogP contribution in [0.3, 0.4) is 0 Å². The van der Waals surface area contributed by atoms with Crippen LogP contribution in [-0.2, 0) is 16.1 Å². The van der Waals surface area contributed by atoms with Gasteiger partial charge in [0.25, 0.3) is 5.91 Å². The monoisotopic (exact) mass is 455 g/mol. The summed E-state index contributed by atoms with van der Waals surface area (Å²) in [7, 11) is 0. The second-order valence-corrected chi connectivity index (χ2v) is 9.84. The molecule has 1 aromatic heterocycles. The lowest BCUT2D eigenvalue weighted by atomic mass is 9.88. The standard InChI is InChI=1S/C24H26FN3O3S/c25-17-8-4-9-18(14-17)28-23(30)21-20(27(24(28)31)15-19-10-5-13-32-19)11-12-26(21)22(29)16-6-2-1-3-7-16/h4-5,8-10,13-14,16,20-21H,1-3,6-7,11-12,15H2. The molecule has 6 nitrogen and oxygen atoms in total. The summed E-state index contributed by atoms with van der Waals surface area (Å²) in [6.45, 7) is 0.823. The number of benzene rings is 1. The number of amides is 4. The van der Waals surface area contributed by atoms with E-state index in [1.807, 2.05) is 17.5 Å². The molecule has 2 aliphatic heterocycles. The van der Waals surface area contributed by atoms with Crippen molar-refractivity contribution in [2.75, 3.05) is 11.4 Å². The lowest BCUT2D eigenvalue weighted by molar-refractivity contribution is -0.143. The van der Waals surface area contributed by atoms with E-state index in [1.165, 1.54) is 18.2 Å². The van der Waals surface area contributed by atoms with E-state index in [4.69, 9.17) is 0 Å². The van der Waals surface area contributed by atoms with Gasteiger partial charge in [0.15, 0.2) is 0 Å². The van der Waals surface area contributed by atoms with E-state index in [1.54, 1.807) is 27.2 Å². The number of fused-ring (bicyclic) bond motifs is 1. The third-order valence-corrected chi connectivity index (χ3v) is 7.75. The van der Waals surface area contributed by atoms with Gasteiger partial charge in [-0.2, -0.15) is 0 Å². The quantitative estimate of drug-likeness (QED) is 0.686. The summed E-state index contributed by atoms with van der Waals surface area (Å²) in [6.07, 6.45) is 5.49. The van der Waals surface area contributed by atoms with Crippen LogP contribution in [0, 0.1) is 11.7 Å². The maximum atomic E-state index is 14.0. The van der Waals surface area contributed by atoms with Gasteiger partial charge in [-0.25, -0.2) is 14.1 Å². The Labute approximate surface area is 190 Å². The normalized spacial score (nSPS) is 24.2. The molecule has 168 valence electrons. The smallest absolute Gasteiger partial charge is 0.328 e. The molecule has 2 saturated heterocycles. The molecule has 5 rings (SSSR count). The zero-order valence-electron chi connectivity index (χ0n) is 17.8. The van der Waals surface area contributed by atoms with Crippen molar-refractivity contribution >= 4 is 34.9 Å². The van der Waals surface area contributed by atoms with Crippen LogP contribution in [0.5, 0.6) is 0 Å². The molecule has 0 spiro atoms. The predicted octanol–water partition coefficient (Wildman–Crippen LogP) is 4.41. The first kappa shape index (κ1) is 21.1. The Hall–Kier alpha value is -2.74. The van der Waals surface area contributed by atoms with E-state index in [0.717, 1.165) is 41.9 Å². The molecule has 1 saturated carbocycles. The van der Waals surface area contributed by atoms with E-state index in [0.29, 0.717) is 19.5 Å². The Kier molecular flexibility index (Phi) is 5.71. The minimum absolute atomic E-state index is 0.0233. The summed E-state index contributed by atoms with van der Waals surface area (Å²) >= 11 is 1.54. The number of anilines is 1. The van der Waals surface area contributed by atoms with Crippen molar-refractivity contribution in [3.8, 4) is 0 Å². The maximum Gasteiger partial charge on any atom is 0.332 e. The number of rotatable bonds is 4. The highest BCUT2D eigenvalue weighted by atomic mass is 32.1. The van der Waals surface area contributed by atoms with Crippen LogP contribution in [0.25, 0.3) is 0 Å². The average molecular weight is 456 g/mol. The van der Waals surface area contributed by atoms with Crippen LogP contribution in [0.1, 0.15) is 43.4 Å². The number of urea groups is 1. The van der Waals surface area contributed by atoms with E-state index < -0.39 is 23.8 Å². The summed E-state index contributed by atoms with van der Waals surface area (Å²) in [5.41, 5.74) is 0.201. The Bertz CT molecular complexity index is 1020. The highest BCUT2D eigenvalue weighted by molar-refractivity contribution is 7.09. The van der Waals surface area contributed by atoms with Gasteiger partial charge in [0.2, 0.25) is 5.91 Å². The first-order valence-electron chi connectivity index (χ1n) is 11.3. The van der Waals surface area contributed by atoms with Crippen molar-refractivity contribution in [1.29, 1.82) is 0 Å². The van der Waals surface area contributed by atoms with Crippen molar-refractivity contribution in [3.63, 3.8) is 0 Å². The average Bonchev–Trinajstić information content (AvgIpc) is 3.47. The van der Waals surface area contributed by atoms with Crippen molar-refractivity contribution < 1.29 is 18.8 Å². The molecule has 1 aliphatic carbocycles. The Morgan fingerprint density at radius 3 is 2.59 bits per heavy atom. The van der Waals surface area contributed by atoms with Crippen molar-refractivity contribution in [2.45, 2.75) is 57.2 Å². The zero-order chi connectivity index (χ0) is 22.2. The van der Waals surface area contributed by atoms with Crippen LogP contribution < -0.4 is 4.90 Å². The molecule has 8 heteroatoms. The zero-order valence-corrected chi connectivity index (χ0v) is 18.6.